The fraction of sp³-hybridized carbons (Fsp3) is 0. The third kappa shape index (κ3) is 5.76. The van der Waals surface area contributed by atoms with Crippen molar-refractivity contribution in [3.8, 4) is 62.5 Å². The van der Waals surface area contributed by atoms with Crippen molar-refractivity contribution in [3.63, 3.8) is 0 Å². The number of nitrogens with zero attached hydrogens (tertiary/aromatic N) is 6. The molecule has 7 nitrogen and oxygen atoms in total. The van der Waals surface area contributed by atoms with Gasteiger partial charge in [0.2, 0.25) is 0 Å². The molecule has 0 saturated carbocycles. The van der Waals surface area contributed by atoms with E-state index in [4.69, 9.17) is 29.3 Å². The lowest BCUT2D eigenvalue weighted by molar-refractivity contribution is 0.669. The highest BCUT2D eigenvalue weighted by atomic mass is 32.1. The second-order valence-corrected chi connectivity index (χ2v) is 16.7. The molecule has 0 fully saturated rings. The molecule has 0 N–H and O–H groups in total. The van der Waals surface area contributed by atoms with Crippen molar-refractivity contribution in [2.24, 2.45) is 0 Å². The topological polar surface area (TPSA) is 82.5 Å². The van der Waals surface area contributed by atoms with Crippen molar-refractivity contribution in [2.75, 3.05) is 0 Å². The minimum atomic E-state index is 0.563. The van der Waals surface area contributed by atoms with E-state index in [0.29, 0.717) is 23.3 Å². The van der Waals surface area contributed by atoms with E-state index in [1.54, 1.807) is 11.3 Å². The Hall–Kier alpha value is -8.33. The van der Waals surface area contributed by atoms with E-state index in [-0.39, 0.29) is 0 Å². The number of aromatic nitrogens is 6. The zero-order chi connectivity index (χ0) is 41.4. The third-order valence-corrected chi connectivity index (χ3v) is 13.0. The van der Waals surface area contributed by atoms with Crippen LogP contribution in [-0.2, 0) is 0 Å². The predicted octanol–water partition coefficient (Wildman–Crippen LogP) is 14.4. The normalized spacial score (nSPS) is 11.8. The van der Waals surface area contributed by atoms with Gasteiger partial charge in [0, 0.05) is 65.1 Å². The van der Waals surface area contributed by atoms with Crippen LogP contribution in [-0.4, -0.2) is 29.5 Å². The highest BCUT2D eigenvalue weighted by molar-refractivity contribution is 7.26. The van der Waals surface area contributed by atoms with E-state index < -0.39 is 0 Å². The van der Waals surface area contributed by atoms with Crippen LogP contribution in [0, 0.1) is 0 Å². The van der Waals surface area contributed by atoms with E-state index in [0.717, 1.165) is 98.5 Å². The van der Waals surface area contributed by atoms with Gasteiger partial charge >= 0.3 is 0 Å². The van der Waals surface area contributed by atoms with Gasteiger partial charge in [0.1, 0.15) is 11.2 Å². The average molecular weight is 825 g/mol. The van der Waals surface area contributed by atoms with E-state index in [2.05, 4.69) is 132 Å². The molecule has 0 amide bonds. The summed E-state index contributed by atoms with van der Waals surface area (Å²) in [5, 5.41) is 5.27. The Balaban J connectivity index is 1.00. The Morgan fingerprint density at radius 1 is 0.397 bits per heavy atom. The van der Waals surface area contributed by atoms with Gasteiger partial charge in [0.25, 0.3) is 0 Å². The van der Waals surface area contributed by atoms with Crippen LogP contribution in [0.2, 0.25) is 0 Å². The maximum Gasteiger partial charge on any atom is 0.164 e. The van der Waals surface area contributed by atoms with E-state index >= 15 is 0 Å². The molecular formula is C55H32N6OS. The summed E-state index contributed by atoms with van der Waals surface area (Å²) in [5.41, 5.74) is 11.3. The standard InChI is InChI=1S/C55H32N6OS/c1-4-15-33(16-5-1)49-51-50(39-22-11-13-26-47(39)63-51)57-55(56-49)40-23-14-25-46-48(40)42-32-36(28-30-45(42)62-46)54-59-52(34-17-6-2-7-18-34)58-53(60-54)35-27-29-44-41(31-35)38-21-10-12-24-43(38)61(44)37-19-8-3-9-20-37/h1-32H. The summed E-state index contributed by atoms with van der Waals surface area (Å²) in [5.74, 6) is 2.39. The molecule has 63 heavy (non-hydrogen) atoms. The van der Waals surface area contributed by atoms with Crippen molar-refractivity contribution >= 4 is 75.4 Å². The zero-order valence-electron chi connectivity index (χ0n) is 33.5. The van der Waals surface area contributed by atoms with Gasteiger partial charge in [0.15, 0.2) is 23.3 Å². The predicted molar refractivity (Wildman–Crippen MR) is 257 cm³/mol. The van der Waals surface area contributed by atoms with Crippen molar-refractivity contribution in [1.82, 2.24) is 29.5 Å². The molecule has 5 aromatic heterocycles. The molecule has 13 aromatic rings. The molecule has 8 aromatic carbocycles. The van der Waals surface area contributed by atoms with Crippen molar-refractivity contribution < 1.29 is 4.42 Å². The van der Waals surface area contributed by atoms with E-state index in [1.807, 2.05) is 66.7 Å². The molecule has 0 unspecified atom stereocenters. The fourth-order valence-electron chi connectivity index (χ4n) is 8.97. The monoisotopic (exact) mass is 824 g/mol. The molecular weight excluding hydrogens is 793 g/mol. The molecule has 0 atom stereocenters. The molecule has 0 aliphatic carbocycles. The van der Waals surface area contributed by atoms with Gasteiger partial charge in [0.05, 0.1) is 26.9 Å². The summed E-state index contributed by atoms with van der Waals surface area (Å²) in [6.07, 6.45) is 0. The summed E-state index contributed by atoms with van der Waals surface area (Å²) in [7, 11) is 0. The first-order valence-corrected chi connectivity index (χ1v) is 21.6. The molecule has 0 aliphatic rings. The minimum absolute atomic E-state index is 0.563. The summed E-state index contributed by atoms with van der Waals surface area (Å²) in [6.45, 7) is 0. The number of hydrogen-bond acceptors (Lipinski definition) is 7. The number of fused-ring (bicyclic) bond motifs is 9. The number of benzene rings is 8. The Bertz CT molecular complexity index is 3910. The van der Waals surface area contributed by atoms with Crippen LogP contribution in [0.4, 0.5) is 0 Å². The van der Waals surface area contributed by atoms with Gasteiger partial charge < -0.3 is 8.98 Å². The van der Waals surface area contributed by atoms with Crippen LogP contribution in [0.3, 0.4) is 0 Å². The third-order valence-electron chi connectivity index (χ3n) is 11.9. The van der Waals surface area contributed by atoms with Crippen molar-refractivity contribution in [2.45, 2.75) is 0 Å². The van der Waals surface area contributed by atoms with Gasteiger partial charge in [-0.25, -0.2) is 24.9 Å². The average Bonchev–Trinajstić information content (AvgIpc) is 4.03. The molecule has 5 heterocycles. The minimum Gasteiger partial charge on any atom is -0.456 e. The van der Waals surface area contributed by atoms with Crippen LogP contribution >= 0.6 is 11.3 Å². The number of para-hydroxylation sites is 2. The number of thiophene rings is 1. The smallest absolute Gasteiger partial charge is 0.164 e. The first kappa shape index (κ1) is 35.4. The lowest BCUT2D eigenvalue weighted by Gasteiger charge is -2.10. The highest BCUT2D eigenvalue weighted by Crippen LogP contribution is 2.43. The highest BCUT2D eigenvalue weighted by Gasteiger charge is 2.22. The van der Waals surface area contributed by atoms with Crippen LogP contribution < -0.4 is 0 Å². The van der Waals surface area contributed by atoms with E-state index in [1.165, 1.54) is 4.70 Å². The van der Waals surface area contributed by atoms with Gasteiger partial charge in [-0.15, -0.1) is 11.3 Å². The second-order valence-electron chi connectivity index (χ2n) is 15.6. The first-order valence-electron chi connectivity index (χ1n) is 20.8. The Labute approximate surface area is 364 Å². The quantitative estimate of drug-likeness (QED) is 0.166. The van der Waals surface area contributed by atoms with Gasteiger partial charge in [-0.05, 0) is 66.7 Å². The Morgan fingerprint density at radius 2 is 1.02 bits per heavy atom. The maximum atomic E-state index is 6.55. The molecule has 0 spiro atoms. The first-order chi connectivity index (χ1) is 31.2. The number of hydrogen-bond donors (Lipinski definition) is 0. The van der Waals surface area contributed by atoms with E-state index in [9.17, 15) is 0 Å². The molecule has 0 saturated heterocycles. The second kappa shape index (κ2) is 14.1. The summed E-state index contributed by atoms with van der Waals surface area (Å²) in [6, 6.07) is 66.7. The van der Waals surface area contributed by atoms with Crippen molar-refractivity contribution in [3.05, 3.63) is 194 Å². The van der Waals surface area contributed by atoms with Crippen molar-refractivity contribution in [1.29, 1.82) is 0 Å². The lowest BCUT2D eigenvalue weighted by atomic mass is 10.0. The van der Waals surface area contributed by atoms with Crippen LogP contribution in [0.1, 0.15) is 0 Å². The van der Waals surface area contributed by atoms with Crippen LogP contribution in [0.15, 0.2) is 199 Å². The largest absolute Gasteiger partial charge is 0.456 e. The molecule has 0 bridgehead atoms. The van der Waals surface area contributed by atoms with Crippen LogP contribution in [0.5, 0.6) is 0 Å². The zero-order valence-corrected chi connectivity index (χ0v) is 34.3. The van der Waals surface area contributed by atoms with Gasteiger partial charge in [-0.1, -0.05) is 127 Å². The lowest BCUT2D eigenvalue weighted by Crippen LogP contribution is -2.00. The summed E-state index contributed by atoms with van der Waals surface area (Å²) >= 11 is 1.73. The maximum absolute atomic E-state index is 6.55. The van der Waals surface area contributed by atoms with Gasteiger partial charge in [-0.3, -0.25) is 0 Å². The van der Waals surface area contributed by atoms with Gasteiger partial charge in [-0.2, -0.15) is 0 Å². The fourth-order valence-corrected chi connectivity index (χ4v) is 10.1. The molecule has 0 aliphatic heterocycles. The number of furan rings is 1. The molecule has 8 heteroatoms. The summed E-state index contributed by atoms with van der Waals surface area (Å²) in [4.78, 5) is 26.1. The van der Waals surface area contributed by atoms with Crippen LogP contribution in [0.25, 0.3) is 127 Å². The SMILES string of the molecule is c1ccc(-c2nc(-c3ccc4oc5cccc(-c6nc(-c7ccccc7)c7sc8ccccc8c7n6)c5c4c3)nc(-c3ccc4c(c3)c3ccccc3n4-c3ccccc3)n2)cc1. The Morgan fingerprint density at radius 3 is 1.79 bits per heavy atom. The number of rotatable bonds is 6. The molecule has 13 rings (SSSR count). The molecule has 0 radical (unpaired) electrons. The Kier molecular flexibility index (Phi) is 7.94. The molecule has 294 valence electrons. The summed E-state index contributed by atoms with van der Waals surface area (Å²) < 4.78 is 11.1.